The fourth-order valence-electron chi connectivity index (χ4n) is 4.73. The fourth-order valence-corrected chi connectivity index (χ4v) is 4.73. The molecule has 0 radical (unpaired) electrons. The van der Waals surface area contributed by atoms with Gasteiger partial charge in [-0.2, -0.15) is 0 Å². The summed E-state index contributed by atoms with van der Waals surface area (Å²) in [6.45, 7) is 2.71. The highest BCUT2D eigenvalue weighted by molar-refractivity contribution is 5.87. The van der Waals surface area contributed by atoms with Crippen molar-refractivity contribution in [1.82, 2.24) is 10.2 Å². The first-order chi connectivity index (χ1) is 14.0. The average Bonchev–Trinajstić information content (AvgIpc) is 2.72. The second-order valence-electron chi connectivity index (χ2n) is 8.55. The number of benzene rings is 3. The zero-order valence-electron chi connectivity index (χ0n) is 18.0. The van der Waals surface area contributed by atoms with Gasteiger partial charge in [-0.15, -0.1) is 12.4 Å². The van der Waals surface area contributed by atoms with Crippen molar-refractivity contribution in [2.24, 2.45) is 5.92 Å². The van der Waals surface area contributed by atoms with Crippen LogP contribution in [-0.4, -0.2) is 31.3 Å². The molecule has 3 nitrogen and oxygen atoms in total. The van der Waals surface area contributed by atoms with Crippen LogP contribution in [0.1, 0.15) is 42.1 Å². The highest BCUT2D eigenvalue weighted by Gasteiger charge is 2.32. The van der Waals surface area contributed by atoms with E-state index in [2.05, 4.69) is 78.9 Å². The Hall–Kier alpha value is -2.20. The van der Waals surface area contributed by atoms with E-state index in [1.54, 1.807) is 6.92 Å². The van der Waals surface area contributed by atoms with Crippen molar-refractivity contribution in [2.45, 2.75) is 31.8 Å². The molecule has 3 unspecified atom stereocenters. The van der Waals surface area contributed by atoms with Crippen molar-refractivity contribution >= 4 is 29.0 Å². The van der Waals surface area contributed by atoms with Gasteiger partial charge >= 0.3 is 0 Å². The third kappa shape index (κ3) is 4.75. The number of nitrogens with zero attached hydrogens (tertiary/aromatic N) is 1. The Kier molecular flexibility index (Phi) is 7.30. The molecule has 0 saturated carbocycles. The number of fused-ring (bicyclic) bond motifs is 2. The number of carbonyl (C=O) groups excluding carboxylic acids is 1. The molecule has 158 valence electrons. The summed E-state index contributed by atoms with van der Waals surface area (Å²) >= 11 is 0. The van der Waals surface area contributed by atoms with Crippen molar-refractivity contribution in [3.8, 4) is 0 Å². The first-order valence-corrected chi connectivity index (χ1v) is 10.5. The molecule has 3 aromatic carbocycles. The van der Waals surface area contributed by atoms with Gasteiger partial charge in [-0.25, -0.2) is 0 Å². The minimum Gasteiger partial charge on any atom is -0.309 e. The molecule has 0 saturated heterocycles. The molecule has 0 spiro atoms. The van der Waals surface area contributed by atoms with Crippen molar-refractivity contribution in [3.05, 3.63) is 83.4 Å². The van der Waals surface area contributed by atoms with Crippen molar-refractivity contribution < 1.29 is 4.79 Å². The summed E-state index contributed by atoms with van der Waals surface area (Å²) in [4.78, 5) is 15.0. The minimum atomic E-state index is -0.305. The highest BCUT2D eigenvalue weighted by atomic mass is 35.5. The molecule has 4 heteroatoms. The van der Waals surface area contributed by atoms with Crippen molar-refractivity contribution in [2.75, 3.05) is 20.6 Å². The summed E-state index contributed by atoms with van der Waals surface area (Å²) in [5, 5.41) is 6.15. The number of hydrogen-bond donors (Lipinski definition) is 1. The Morgan fingerprint density at radius 2 is 1.73 bits per heavy atom. The molecule has 3 atom stereocenters. The van der Waals surface area contributed by atoms with Gasteiger partial charge in [-0.1, -0.05) is 60.7 Å². The molecule has 4 rings (SSSR count). The van der Waals surface area contributed by atoms with Crippen molar-refractivity contribution in [3.63, 3.8) is 0 Å². The predicted octanol–water partition coefficient (Wildman–Crippen LogP) is 5.35. The maximum atomic E-state index is 12.7. The van der Waals surface area contributed by atoms with Crippen LogP contribution >= 0.6 is 12.4 Å². The smallest absolute Gasteiger partial charge is 0.151 e. The molecule has 3 aromatic rings. The number of hydrogen-bond acceptors (Lipinski definition) is 3. The summed E-state index contributed by atoms with van der Waals surface area (Å²) in [5.74, 6) is 0.633. The van der Waals surface area contributed by atoms with Gasteiger partial charge in [-0.05, 0) is 73.3 Å². The van der Waals surface area contributed by atoms with E-state index in [0.717, 1.165) is 24.9 Å². The summed E-state index contributed by atoms with van der Waals surface area (Å²) in [5.41, 5.74) is 3.79. The summed E-state index contributed by atoms with van der Waals surface area (Å²) in [6, 6.07) is 23.2. The predicted molar refractivity (Wildman–Crippen MR) is 127 cm³/mol. The zero-order valence-corrected chi connectivity index (χ0v) is 18.8. The maximum Gasteiger partial charge on any atom is 0.151 e. The fraction of sp³-hybridized carbons (Fsp3) is 0.346. The lowest BCUT2D eigenvalue weighted by Crippen LogP contribution is -2.41. The number of aryl methyl sites for hydroxylation is 1. The van der Waals surface area contributed by atoms with E-state index >= 15 is 0 Å². The molecule has 0 aliphatic heterocycles. The average molecular weight is 423 g/mol. The summed E-state index contributed by atoms with van der Waals surface area (Å²) in [6.07, 6.45) is 2.24. The van der Waals surface area contributed by atoms with E-state index in [0.29, 0.717) is 5.92 Å². The Labute approximate surface area is 185 Å². The molecule has 1 aliphatic carbocycles. The maximum absolute atomic E-state index is 12.7. The highest BCUT2D eigenvalue weighted by Crippen LogP contribution is 2.37. The van der Waals surface area contributed by atoms with Gasteiger partial charge in [-0.3, -0.25) is 10.1 Å². The van der Waals surface area contributed by atoms with E-state index in [1.165, 1.54) is 21.9 Å². The van der Waals surface area contributed by atoms with Gasteiger partial charge in [0.25, 0.3) is 0 Å². The van der Waals surface area contributed by atoms with Crippen LogP contribution in [0.25, 0.3) is 10.8 Å². The SMILES string of the molecule is CC(=O)C(NC1c2ccccc2CCC1CN(C)C)c1ccc2ccccc2c1.Cl. The van der Waals surface area contributed by atoms with E-state index in [4.69, 9.17) is 0 Å². The zero-order chi connectivity index (χ0) is 20.4. The Bertz CT molecular complexity index is 1020. The van der Waals surface area contributed by atoms with E-state index < -0.39 is 0 Å². The van der Waals surface area contributed by atoms with E-state index in [9.17, 15) is 4.79 Å². The Morgan fingerprint density at radius 1 is 1.03 bits per heavy atom. The van der Waals surface area contributed by atoms with Crippen molar-refractivity contribution in [1.29, 1.82) is 0 Å². The van der Waals surface area contributed by atoms with Crippen LogP contribution in [0.15, 0.2) is 66.7 Å². The minimum absolute atomic E-state index is 0. The summed E-state index contributed by atoms with van der Waals surface area (Å²) in [7, 11) is 4.26. The molecular weight excluding hydrogens is 392 g/mol. The van der Waals surface area contributed by atoms with Crippen LogP contribution in [-0.2, 0) is 11.2 Å². The molecule has 0 bridgehead atoms. The number of halogens is 1. The monoisotopic (exact) mass is 422 g/mol. The van der Waals surface area contributed by atoms with Crippen LogP contribution in [0.4, 0.5) is 0 Å². The van der Waals surface area contributed by atoms with Gasteiger partial charge < -0.3 is 4.90 Å². The molecule has 0 heterocycles. The molecule has 1 N–H and O–H groups in total. The molecule has 1 aliphatic rings. The van der Waals surface area contributed by atoms with Crippen LogP contribution < -0.4 is 5.32 Å². The number of nitrogens with one attached hydrogen (secondary N) is 1. The molecule has 0 aromatic heterocycles. The lowest BCUT2D eigenvalue weighted by atomic mass is 9.78. The van der Waals surface area contributed by atoms with Gasteiger partial charge in [0.2, 0.25) is 0 Å². The Balaban J connectivity index is 0.00000256. The second-order valence-corrected chi connectivity index (χ2v) is 8.55. The second kappa shape index (κ2) is 9.74. The first kappa shape index (κ1) is 22.5. The summed E-state index contributed by atoms with van der Waals surface area (Å²) < 4.78 is 0. The third-order valence-corrected chi connectivity index (χ3v) is 6.11. The first-order valence-electron chi connectivity index (χ1n) is 10.5. The quantitative estimate of drug-likeness (QED) is 0.581. The van der Waals surface area contributed by atoms with Crippen LogP contribution in [0.2, 0.25) is 0 Å². The Morgan fingerprint density at radius 3 is 2.47 bits per heavy atom. The standard InChI is InChI=1S/C26H30N2O.ClH/c1-18(29)25(22-14-12-19-8-4-5-10-21(19)16-22)27-26-23(17-28(2)3)15-13-20-9-6-7-11-24(20)26;/h4-12,14,16,23,25-27H,13,15,17H2,1-3H3;1H. The van der Waals surface area contributed by atoms with Gasteiger partial charge in [0.1, 0.15) is 0 Å². The van der Waals surface area contributed by atoms with E-state index in [-0.39, 0.29) is 30.3 Å². The van der Waals surface area contributed by atoms with Gasteiger partial charge in [0.15, 0.2) is 5.78 Å². The lowest BCUT2D eigenvalue weighted by Gasteiger charge is -2.38. The molecule has 0 fully saturated rings. The van der Waals surface area contributed by atoms with Crippen LogP contribution in [0.3, 0.4) is 0 Å². The van der Waals surface area contributed by atoms with Gasteiger partial charge in [0.05, 0.1) is 6.04 Å². The number of rotatable bonds is 6. The number of carbonyl (C=O) groups is 1. The lowest BCUT2D eigenvalue weighted by molar-refractivity contribution is -0.119. The molecule has 0 amide bonds. The van der Waals surface area contributed by atoms with E-state index in [1.807, 2.05) is 12.1 Å². The molecular formula is C26H31ClN2O. The number of ketones is 1. The largest absolute Gasteiger partial charge is 0.309 e. The van der Waals surface area contributed by atoms with Crippen LogP contribution in [0, 0.1) is 5.92 Å². The topological polar surface area (TPSA) is 32.3 Å². The normalized spacial score (nSPS) is 19.2. The third-order valence-electron chi connectivity index (χ3n) is 6.11. The van der Waals surface area contributed by atoms with Gasteiger partial charge in [0, 0.05) is 12.6 Å². The molecule has 30 heavy (non-hydrogen) atoms. The number of Topliss-reactive ketones (excluding diaryl/α,β-unsaturated/α-hetero) is 1. The van der Waals surface area contributed by atoms with Crippen LogP contribution in [0.5, 0.6) is 0 Å².